The highest BCUT2D eigenvalue weighted by Crippen LogP contribution is 2.17. The van der Waals surface area contributed by atoms with E-state index in [1.54, 1.807) is 0 Å². The summed E-state index contributed by atoms with van der Waals surface area (Å²) in [7, 11) is 3.62. The summed E-state index contributed by atoms with van der Waals surface area (Å²) in [5.41, 5.74) is -0.139. The largest absolute Gasteiger partial charge is 0.480 e. The van der Waals surface area contributed by atoms with E-state index in [2.05, 4.69) is 15.9 Å². The molecule has 1 N–H and O–H groups in total. The van der Waals surface area contributed by atoms with Crippen molar-refractivity contribution >= 4 is 27.8 Å². The van der Waals surface area contributed by atoms with Gasteiger partial charge in [0, 0.05) is 17.6 Å². The smallest absolute Gasteiger partial charge is 0.323 e. The molecule has 0 aromatic heterocycles. The van der Waals surface area contributed by atoms with Crippen LogP contribution in [0.3, 0.4) is 0 Å². The van der Waals surface area contributed by atoms with Crippen LogP contribution in [0.5, 0.6) is 0 Å². The first-order valence-corrected chi connectivity index (χ1v) is 6.71. The molecule has 0 fully saturated rings. The number of carbonyl (C=O) groups excluding carboxylic acids is 1. The number of carboxylic acids is 1. The van der Waals surface area contributed by atoms with Crippen molar-refractivity contribution in [1.82, 2.24) is 9.80 Å². The SMILES string of the molecule is CN(C)CCN(CC(=O)O)C(=O)c1cc(Br)ccc1F. The van der Waals surface area contributed by atoms with Crippen molar-refractivity contribution in [2.45, 2.75) is 0 Å². The molecule has 0 atom stereocenters. The molecule has 20 heavy (non-hydrogen) atoms. The van der Waals surface area contributed by atoms with Crippen LogP contribution < -0.4 is 0 Å². The van der Waals surface area contributed by atoms with Gasteiger partial charge in [-0.15, -0.1) is 0 Å². The van der Waals surface area contributed by atoms with Crippen LogP contribution in [0, 0.1) is 5.82 Å². The second kappa shape index (κ2) is 7.35. The van der Waals surface area contributed by atoms with Gasteiger partial charge < -0.3 is 14.9 Å². The second-order valence-electron chi connectivity index (χ2n) is 4.55. The molecule has 110 valence electrons. The van der Waals surface area contributed by atoms with Crippen molar-refractivity contribution < 1.29 is 19.1 Å². The lowest BCUT2D eigenvalue weighted by atomic mass is 10.2. The van der Waals surface area contributed by atoms with E-state index in [0.717, 1.165) is 4.90 Å². The molecule has 0 aliphatic rings. The standard InChI is InChI=1S/C13H16BrFN2O3/c1-16(2)5-6-17(8-12(18)19)13(20)10-7-9(14)3-4-11(10)15/h3-4,7H,5-6,8H2,1-2H3,(H,18,19). The first-order chi connectivity index (χ1) is 9.31. The number of halogens is 2. The Bertz CT molecular complexity index is 508. The molecule has 1 rings (SSSR count). The summed E-state index contributed by atoms with van der Waals surface area (Å²) in [6.45, 7) is 0.247. The summed E-state index contributed by atoms with van der Waals surface area (Å²) < 4.78 is 14.3. The number of hydrogen-bond donors (Lipinski definition) is 1. The van der Waals surface area contributed by atoms with Crippen molar-refractivity contribution in [2.75, 3.05) is 33.7 Å². The van der Waals surface area contributed by atoms with Gasteiger partial charge in [-0.1, -0.05) is 15.9 Å². The van der Waals surface area contributed by atoms with E-state index in [1.807, 2.05) is 19.0 Å². The molecule has 0 spiro atoms. The molecular formula is C13H16BrFN2O3. The van der Waals surface area contributed by atoms with Crippen LogP contribution in [0.2, 0.25) is 0 Å². The Hall–Kier alpha value is -1.47. The maximum atomic E-state index is 13.7. The monoisotopic (exact) mass is 346 g/mol. The molecule has 0 saturated heterocycles. The number of aliphatic carboxylic acids is 1. The highest BCUT2D eigenvalue weighted by atomic mass is 79.9. The van der Waals surface area contributed by atoms with Gasteiger partial charge in [0.25, 0.3) is 5.91 Å². The fourth-order valence-corrected chi connectivity index (χ4v) is 1.93. The maximum Gasteiger partial charge on any atom is 0.323 e. The van der Waals surface area contributed by atoms with Gasteiger partial charge in [-0.05, 0) is 32.3 Å². The van der Waals surface area contributed by atoms with Crippen molar-refractivity contribution in [1.29, 1.82) is 0 Å². The molecule has 1 aromatic rings. The van der Waals surface area contributed by atoms with Crippen molar-refractivity contribution in [3.63, 3.8) is 0 Å². The van der Waals surface area contributed by atoms with Crippen LogP contribution in [0.15, 0.2) is 22.7 Å². The molecule has 1 aromatic carbocycles. The van der Waals surface area contributed by atoms with Crippen molar-refractivity contribution in [3.8, 4) is 0 Å². The molecule has 0 radical (unpaired) electrons. The molecule has 0 bridgehead atoms. The number of carbonyl (C=O) groups is 2. The average Bonchev–Trinajstić information content (AvgIpc) is 2.36. The summed E-state index contributed by atoms with van der Waals surface area (Å²) in [6.07, 6.45) is 0. The van der Waals surface area contributed by atoms with Crippen LogP contribution in [-0.4, -0.2) is 60.5 Å². The molecular weight excluding hydrogens is 331 g/mol. The van der Waals surface area contributed by atoms with Crippen LogP contribution in [-0.2, 0) is 4.79 Å². The number of likely N-dealkylation sites (N-methyl/N-ethyl adjacent to an activating group) is 1. The Morgan fingerprint density at radius 2 is 1.95 bits per heavy atom. The fourth-order valence-electron chi connectivity index (χ4n) is 1.57. The third-order valence-electron chi connectivity index (χ3n) is 2.59. The zero-order valence-electron chi connectivity index (χ0n) is 11.3. The number of benzene rings is 1. The first-order valence-electron chi connectivity index (χ1n) is 5.92. The summed E-state index contributed by atoms with van der Waals surface area (Å²) in [5, 5.41) is 8.86. The van der Waals surface area contributed by atoms with Crippen LogP contribution in [0.1, 0.15) is 10.4 Å². The maximum absolute atomic E-state index is 13.7. The lowest BCUT2D eigenvalue weighted by Crippen LogP contribution is -2.40. The average molecular weight is 347 g/mol. The number of amides is 1. The van der Waals surface area contributed by atoms with Crippen LogP contribution in [0.25, 0.3) is 0 Å². The Labute approximate surface area is 125 Å². The number of carboxylic acid groups (broad SMARTS) is 1. The molecule has 0 heterocycles. The Balaban J connectivity index is 2.96. The van der Waals surface area contributed by atoms with E-state index in [4.69, 9.17) is 5.11 Å². The van der Waals surface area contributed by atoms with Gasteiger partial charge in [0.15, 0.2) is 0 Å². The minimum absolute atomic E-state index is 0.139. The Kier molecular flexibility index (Phi) is 6.09. The molecule has 0 aliphatic carbocycles. The summed E-state index contributed by atoms with van der Waals surface area (Å²) >= 11 is 3.16. The van der Waals surface area contributed by atoms with Gasteiger partial charge in [0.05, 0.1) is 5.56 Å². The predicted molar refractivity (Wildman–Crippen MR) is 76.2 cm³/mol. The van der Waals surface area contributed by atoms with Gasteiger partial charge in [0.1, 0.15) is 12.4 Å². The minimum Gasteiger partial charge on any atom is -0.480 e. The van der Waals surface area contributed by atoms with Crippen molar-refractivity contribution in [3.05, 3.63) is 34.1 Å². The van der Waals surface area contributed by atoms with Gasteiger partial charge in [-0.3, -0.25) is 9.59 Å². The van der Waals surface area contributed by atoms with E-state index >= 15 is 0 Å². The summed E-state index contributed by atoms with van der Waals surface area (Å²) in [6, 6.07) is 4.00. The van der Waals surface area contributed by atoms with E-state index in [0.29, 0.717) is 11.0 Å². The Morgan fingerprint density at radius 1 is 1.30 bits per heavy atom. The lowest BCUT2D eigenvalue weighted by molar-refractivity contribution is -0.137. The zero-order valence-corrected chi connectivity index (χ0v) is 12.9. The molecule has 1 amide bonds. The molecule has 0 unspecified atom stereocenters. The number of rotatable bonds is 6. The van der Waals surface area contributed by atoms with Crippen LogP contribution in [0.4, 0.5) is 4.39 Å². The second-order valence-corrected chi connectivity index (χ2v) is 5.46. The highest BCUT2D eigenvalue weighted by Gasteiger charge is 2.21. The van der Waals surface area contributed by atoms with E-state index in [-0.39, 0.29) is 12.1 Å². The Morgan fingerprint density at radius 3 is 2.50 bits per heavy atom. The molecule has 0 saturated carbocycles. The number of nitrogens with zero attached hydrogens (tertiary/aromatic N) is 2. The summed E-state index contributed by atoms with van der Waals surface area (Å²) in [5.74, 6) is -2.43. The van der Waals surface area contributed by atoms with E-state index in [9.17, 15) is 14.0 Å². The third kappa shape index (κ3) is 4.90. The van der Waals surface area contributed by atoms with Gasteiger partial charge in [-0.2, -0.15) is 0 Å². The number of hydrogen-bond acceptors (Lipinski definition) is 3. The van der Waals surface area contributed by atoms with Crippen LogP contribution >= 0.6 is 15.9 Å². The molecule has 7 heteroatoms. The first kappa shape index (κ1) is 16.6. The van der Waals surface area contributed by atoms with E-state index < -0.39 is 24.2 Å². The fraction of sp³-hybridized carbons (Fsp3) is 0.385. The zero-order chi connectivity index (χ0) is 15.3. The van der Waals surface area contributed by atoms with Gasteiger partial charge in [0.2, 0.25) is 0 Å². The van der Waals surface area contributed by atoms with E-state index in [1.165, 1.54) is 18.2 Å². The topological polar surface area (TPSA) is 60.9 Å². The third-order valence-corrected chi connectivity index (χ3v) is 3.08. The minimum atomic E-state index is -1.13. The predicted octanol–water partition coefficient (Wildman–Crippen LogP) is 1.68. The molecule has 5 nitrogen and oxygen atoms in total. The highest BCUT2D eigenvalue weighted by molar-refractivity contribution is 9.10. The normalized spacial score (nSPS) is 10.7. The molecule has 0 aliphatic heterocycles. The van der Waals surface area contributed by atoms with Crippen molar-refractivity contribution in [2.24, 2.45) is 0 Å². The summed E-state index contributed by atoms with van der Waals surface area (Å²) in [4.78, 5) is 26.0. The van der Waals surface area contributed by atoms with Gasteiger partial charge >= 0.3 is 5.97 Å². The van der Waals surface area contributed by atoms with Gasteiger partial charge in [-0.25, -0.2) is 4.39 Å². The quantitative estimate of drug-likeness (QED) is 0.851. The lowest BCUT2D eigenvalue weighted by Gasteiger charge is -2.23.